The van der Waals surface area contributed by atoms with Crippen LogP contribution in [0.2, 0.25) is 0 Å². The van der Waals surface area contributed by atoms with Gasteiger partial charge in [0.15, 0.2) is 5.78 Å². The first-order valence-electron chi connectivity index (χ1n) is 10.4. The summed E-state index contributed by atoms with van der Waals surface area (Å²) in [5, 5.41) is 2.80. The summed E-state index contributed by atoms with van der Waals surface area (Å²) in [4.78, 5) is 24.0. The number of hydrogen-bond donors (Lipinski definition) is 1. The third-order valence-electron chi connectivity index (χ3n) is 5.32. The maximum Gasteiger partial charge on any atom is 0.243 e. The molecule has 160 valence electrons. The summed E-state index contributed by atoms with van der Waals surface area (Å²) in [7, 11) is -3.46. The summed E-state index contributed by atoms with van der Waals surface area (Å²) in [6.45, 7) is 2.64. The van der Waals surface area contributed by atoms with Crippen LogP contribution in [0.1, 0.15) is 54.9 Å². The second kappa shape index (κ2) is 10.00. The van der Waals surface area contributed by atoms with Crippen molar-refractivity contribution in [2.75, 3.05) is 18.4 Å². The molecule has 3 rings (SSSR count). The van der Waals surface area contributed by atoms with Crippen LogP contribution in [0.3, 0.4) is 0 Å². The average molecular weight is 429 g/mol. The van der Waals surface area contributed by atoms with E-state index in [1.165, 1.54) is 6.92 Å². The summed E-state index contributed by atoms with van der Waals surface area (Å²) in [6, 6.07) is 13.6. The third-order valence-corrected chi connectivity index (χ3v) is 7.23. The van der Waals surface area contributed by atoms with Crippen LogP contribution in [-0.4, -0.2) is 37.5 Å². The number of carbonyl (C=O) groups excluding carboxylic acids is 2. The molecule has 30 heavy (non-hydrogen) atoms. The minimum Gasteiger partial charge on any atom is -0.326 e. The fourth-order valence-corrected chi connectivity index (χ4v) is 5.07. The van der Waals surface area contributed by atoms with Crippen molar-refractivity contribution in [3.63, 3.8) is 0 Å². The maximum atomic E-state index is 12.8. The van der Waals surface area contributed by atoms with Gasteiger partial charge in [-0.1, -0.05) is 37.1 Å². The fraction of sp³-hybridized carbons (Fsp3) is 0.391. The molecule has 6 nitrogen and oxygen atoms in total. The highest BCUT2D eigenvalue weighted by atomic mass is 32.2. The molecule has 2 aromatic rings. The number of Topliss-reactive ketones (excluding diaryl/α,β-unsaturated/α-hetero) is 1. The van der Waals surface area contributed by atoms with Gasteiger partial charge in [-0.2, -0.15) is 4.31 Å². The van der Waals surface area contributed by atoms with E-state index in [1.807, 2.05) is 0 Å². The zero-order valence-electron chi connectivity index (χ0n) is 17.3. The fourth-order valence-electron chi connectivity index (χ4n) is 3.56. The number of rotatable bonds is 7. The Morgan fingerprint density at radius 3 is 2.27 bits per heavy atom. The van der Waals surface area contributed by atoms with E-state index in [1.54, 1.807) is 52.8 Å². The number of nitrogens with zero attached hydrogens (tertiary/aromatic N) is 1. The third kappa shape index (κ3) is 5.77. The smallest absolute Gasteiger partial charge is 0.243 e. The lowest BCUT2D eigenvalue weighted by molar-refractivity contribution is -0.116. The Kier molecular flexibility index (Phi) is 7.39. The quantitative estimate of drug-likeness (QED) is 0.675. The van der Waals surface area contributed by atoms with Crippen LogP contribution in [0.4, 0.5) is 5.69 Å². The summed E-state index contributed by atoms with van der Waals surface area (Å²) in [6.07, 6.45) is 4.73. The van der Waals surface area contributed by atoms with Gasteiger partial charge in [0.1, 0.15) is 0 Å². The first-order valence-corrected chi connectivity index (χ1v) is 11.8. The normalized spacial score (nSPS) is 15.4. The van der Waals surface area contributed by atoms with Crippen molar-refractivity contribution in [1.82, 2.24) is 4.31 Å². The number of ketones is 1. The first kappa shape index (κ1) is 22.2. The van der Waals surface area contributed by atoms with E-state index in [0.29, 0.717) is 35.7 Å². The van der Waals surface area contributed by atoms with Gasteiger partial charge in [0, 0.05) is 30.8 Å². The summed E-state index contributed by atoms with van der Waals surface area (Å²) < 4.78 is 27.2. The summed E-state index contributed by atoms with van der Waals surface area (Å²) in [5.41, 5.74) is 2.04. The number of benzene rings is 2. The minimum absolute atomic E-state index is 0.0543. The average Bonchev–Trinajstić information content (AvgIpc) is 3.03. The van der Waals surface area contributed by atoms with Crippen LogP contribution in [0.5, 0.6) is 0 Å². The van der Waals surface area contributed by atoms with E-state index < -0.39 is 10.0 Å². The molecule has 1 heterocycles. The number of aryl methyl sites for hydroxylation is 1. The van der Waals surface area contributed by atoms with Crippen molar-refractivity contribution in [3.8, 4) is 0 Å². The molecule has 1 saturated heterocycles. The van der Waals surface area contributed by atoms with Crippen LogP contribution in [0.15, 0.2) is 53.4 Å². The predicted molar refractivity (Wildman–Crippen MR) is 117 cm³/mol. The van der Waals surface area contributed by atoms with Crippen molar-refractivity contribution in [1.29, 1.82) is 0 Å². The van der Waals surface area contributed by atoms with Gasteiger partial charge in [0.2, 0.25) is 15.9 Å². The largest absolute Gasteiger partial charge is 0.326 e. The molecule has 0 unspecified atom stereocenters. The summed E-state index contributed by atoms with van der Waals surface area (Å²) in [5.74, 6) is -0.210. The standard InChI is InChI=1S/C23H28N2O4S/c1-18(26)20-7-6-8-21(17-20)24-23(27)14-11-19-9-12-22(13-10-19)30(28,29)25-15-4-2-3-5-16-25/h6-10,12-13,17H,2-5,11,14-16H2,1H3,(H,24,27). The lowest BCUT2D eigenvalue weighted by Gasteiger charge is -2.20. The molecule has 1 aliphatic rings. The van der Waals surface area contributed by atoms with Crippen molar-refractivity contribution >= 4 is 27.4 Å². The Labute approximate surface area is 178 Å². The van der Waals surface area contributed by atoms with Gasteiger partial charge in [-0.3, -0.25) is 9.59 Å². The lowest BCUT2D eigenvalue weighted by atomic mass is 10.1. The molecule has 0 spiro atoms. The van der Waals surface area contributed by atoms with Crippen molar-refractivity contribution < 1.29 is 18.0 Å². The Morgan fingerprint density at radius 2 is 1.63 bits per heavy atom. The van der Waals surface area contributed by atoms with Gasteiger partial charge in [0.25, 0.3) is 0 Å². The number of nitrogens with one attached hydrogen (secondary N) is 1. The van der Waals surface area contributed by atoms with Gasteiger partial charge in [-0.05, 0) is 56.0 Å². The van der Waals surface area contributed by atoms with Crippen molar-refractivity contribution in [2.24, 2.45) is 0 Å². The van der Waals surface area contributed by atoms with Gasteiger partial charge in [0.05, 0.1) is 4.90 Å². The highest BCUT2D eigenvalue weighted by Gasteiger charge is 2.24. The first-order chi connectivity index (χ1) is 14.4. The molecule has 1 aliphatic heterocycles. The van der Waals surface area contributed by atoms with Crippen LogP contribution >= 0.6 is 0 Å². The van der Waals surface area contributed by atoms with E-state index in [9.17, 15) is 18.0 Å². The maximum absolute atomic E-state index is 12.8. The Hall–Kier alpha value is -2.51. The monoisotopic (exact) mass is 428 g/mol. The van der Waals surface area contributed by atoms with E-state index in [-0.39, 0.29) is 18.1 Å². The number of carbonyl (C=O) groups is 2. The highest BCUT2D eigenvalue weighted by Crippen LogP contribution is 2.21. The van der Waals surface area contributed by atoms with Gasteiger partial charge in [-0.25, -0.2) is 8.42 Å². The topological polar surface area (TPSA) is 83.5 Å². The zero-order chi connectivity index (χ0) is 21.6. The minimum atomic E-state index is -3.46. The van der Waals surface area contributed by atoms with E-state index >= 15 is 0 Å². The molecule has 0 aromatic heterocycles. The molecule has 0 saturated carbocycles. The van der Waals surface area contributed by atoms with Crippen molar-refractivity contribution in [3.05, 3.63) is 59.7 Å². The molecule has 0 radical (unpaired) electrons. The van der Waals surface area contributed by atoms with Crippen molar-refractivity contribution in [2.45, 2.75) is 50.3 Å². The zero-order valence-corrected chi connectivity index (χ0v) is 18.1. The molecular formula is C23H28N2O4S. The second-order valence-electron chi connectivity index (χ2n) is 7.65. The Bertz CT molecular complexity index is 992. The molecular weight excluding hydrogens is 400 g/mol. The number of hydrogen-bond acceptors (Lipinski definition) is 4. The molecule has 1 amide bonds. The number of anilines is 1. The molecule has 1 fully saturated rings. The SMILES string of the molecule is CC(=O)c1cccc(NC(=O)CCc2ccc(S(=O)(=O)N3CCCCCC3)cc2)c1. The van der Waals surface area contributed by atoms with Gasteiger partial charge < -0.3 is 5.32 Å². The van der Waals surface area contributed by atoms with E-state index in [2.05, 4.69) is 5.32 Å². The van der Waals surface area contributed by atoms with Crippen LogP contribution in [0, 0.1) is 0 Å². The lowest BCUT2D eigenvalue weighted by Crippen LogP contribution is -2.31. The number of sulfonamides is 1. The predicted octanol–water partition coefficient (Wildman–Crippen LogP) is 4.03. The van der Waals surface area contributed by atoms with Crippen LogP contribution in [0.25, 0.3) is 0 Å². The molecule has 7 heteroatoms. The molecule has 0 bridgehead atoms. The molecule has 0 aliphatic carbocycles. The van der Waals surface area contributed by atoms with Crippen LogP contribution in [-0.2, 0) is 21.2 Å². The van der Waals surface area contributed by atoms with E-state index in [0.717, 1.165) is 31.2 Å². The van der Waals surface area contributed by atoms with Gasteiger partial charge >= 0.3 is 0 Å². The van der Waals surface area contributed by atoms with E-state index in [4.69, 9.17) is 0 Å². The second-order valence-corrected chi connectivity index (χ2v) is 9.59. The summed E-state index contributed by atoms with van der Waals surface area (Å²) >= 11 is 0. The van der Waals surface area contributed by atoms with Gasteiger partial charge in [-0.15, -0.1) is 0 Å². The molecule has 2 aromatic carbocycles. The number of amides is 1. The molecule has 0 atom stereocenters. The molecule has 1 N–H and O–H groups in total. The van der Waals surface area contributed by atoms with Crippen LogP contribution < -0.4 is 5.32 Å². The Balaban J connectivity index is 1.57. The Morgan fingerprint density at radius 1 is 0.967 bits per heavy atom. The highest BCUT2D eigenvalue weighted by molar-refractivity contribution is 7.89.